The zero-order chi connectivity index (χ0) is 13.9. The number of rotatable bonds is 4. The van der Waals surface area contributed by atoms with E-state index >= 15 is 0 Å². The van der Waals surface area contributed by atoms with Gasteiger partial charge in [-0.05, 0) is 37.6 Å². The highest BCUT2D eigenvalue weighted by molar-refractivity contribution is 5.95. The van der Waals surface area contributed by atoms with E-state index in [9.17, 15) is 4.79 Å². The monoisotopic (exact) mass is 258 g/mol. The second kappa shape index (κ2) is 5.24. The second-order valence-corrected chi connectivity index (χ2v) is 5.09. The Hall–Kier alpha value is -2.14. The zero-order valence-corrected chi connectivity index (χ0v) is 11.1. The van der Waals surface area contributed by atoms with Gasteiger partial charge < -0.3 is 11.1 Å². The van der Waals surface area contributed by atoms with Crippen molar-refractivity contribution in [2.24, 2.45) is 11.1 Å². The molecular weight excluding hydrogens is 240 g/mol. The molecule has 0 bridgehead atoms. The van der Waals surface area contributed by atoms with Gasteiger partial charge >= 0.3 is 0 Å². The minimum atomic E-state index is -0.567. The number of carbonyl (C=O) groups excluding carboxylic acids is 1. The van der Waals surface area contributed by atoms with E-state index in [-0.39, 0.29) is 5.91 Å². The number of H-pyrrole nitrogens is 1. The summed E-state index contributed by atoms with van der Waals surface area (Å²) in [5, 5.41) is 9.66. The number of nitrogens with two attached hydrogens (primary N) is 1. The molecule has 0 unspecified atom stereocenters. The van der Waals surface area contributed by atoms with Crippen molar-refractivity contribution in [3.63, 3.8) is 0 Å². The van der Waals surface area contributed by atoms with Crippen LogP contribution in [0.2, 0.25) is 0 Å². The summed E-state index contributed by atoms with van der Waals surface area (Å²) in [7, 11) is 0. The molecule has 0 atom stereocenters. The standard InChI is InChI=1S/C14H18N4O/c1-14(2,9-15)13(19)17-11-5-3-10(4-6-11)12-7-8-16-18-12/h3-8H,9,15H2,1-2H3,(H,16,18)(H,17,19). The van der Waals surface area contributed by atoms with Gasteiger partial charge in [0.1, 0.15) is 0 Å². The number of nitrogens with one attached hydrogen (secondary N) is 2. The lowest BCUT2D eigenvalue weighted by Crippen LogP contribution is -2.37. The molecule has 0 spiro atoms. The first-order valence-electron chi connectivity index (χ1n) is 6.14. The number of carbonyl (C=O) groups is 1. The molecule has 100 valence electrons. The molecule has 0 saturated carbocycles. The van der Waals surface area contributed by atoms with Crippen LogP contribution in [0.5, 0.6) is 0 Å². The molecule has 5 heteroatoms. The third-order valence-corrected chi connectivity index (χ3v) is 3.08. The van der Waals surface area contributed by atoms with E-state index in [1.54, 1.807) is 6.20 Å². The number of hydrogen-bond acceptors (Lipinski definition) is 3. The average molecular weight is 258 g/mol. The summed E-state index contributed by atoms with van der Waals surface area (Å²) in [6.07, 6.45) is 1.70. The molecule has 1 amide bonds. The van der Waals surface area contributed by atoms with Crippen LogP contribution in [0.4, 0.5) is 5.69 Å². The Balaban J connectivity index is 2.10. The lowest BCUT2D eigenvalue weighted by Gasteiger charge is -2.21. The number of aromatic nitrogens is 2. The highest BCUT2D eigenvalue weighted by Gasteiger charge is 2.25. The number of benzene rings is 1. The molecule has 0 fully saturated rings. The highest BCUT2D eigenvalue weighted by atomic mass is 16.2. The second-order valence-electron chi connectivity index (χ2n) is 5.09. The van der Waals surface area contributed by atoms with Crippen LogP contribution >= 0.6 is 0 Å². The largest absolute Gasteiger partial charge is 0.329 e. The molecule has 2 aromatic rings. The van der Waals surface area contributed by atoms with Crippen LogP contribution in [-0.2, 0) is 4.79 Å². The first-order chi connectivity index (χ1) is 9.03. The summed E-state index contributed by atoms with van der Waals surface area (Å²) in [4.78, 5) is 12.0. The molecule has 4 N–H and O–H groups in total. The summed E-state index contributed by atoms with van der Waals surface area (Å²) in [6.45, 7) is 3.95. The van der Waals surface area contributed by atoms with Crippen molar-refractivity contribution in [3.05, 3.63) is 36.5 Å². The maximum atomic E-state index is 12.0. The topological polar surface area (TPSA) is 83.8 Å². The van der Waals surface area contributed by atoms with Gasteiger partial charge in [0.25, 0.3) is 0 Å². The molecule has 1 heterocycles. The predicted octanol–water partition coefficient (Wildman–Crippen LogP) is 2.00. The zero-order valence-electron chi connectivity index (χ0n) is 11.1. The van der Waals surface area contributed by atoms with E-state index in [1.807, 2.05) is 44.2 Å². The van der Waals surface area contributed by atoms with Crippen molar-refractivity contribution < 1.29 is 4.79 Å². The lowest BCUT2D eigenvalue weighted by atomic mass is 9.92. The van der Waals surface area contributed by atoms with Crippen molar-refractivity contribution in [1.29, 1.82) is 0 Å². The highest BCUT2D eigenvalue weighted by Crippen LogP contribution is 2.21. The fourth-order valence-corrected chi connectivity index (χ4v) is 1.54. The van der Waals surface area contributed by atoms with E-state index in [0.717, 1.165) is 16.9 Å². The van der Waals surface area contributed by atoms with Crippen LogP contribution in [0.15, 0.2) is 36.5 Å². The van der Waals surface area contributed by atoms with Gasteiger partial charge in [-0.2, -0.15) is 5.10 Å². The normalized spacial score (nSPS) is 11.3. The summed E-state index contributed by atoms with van der Waals surface area (Å²) in [6, 6.07) is 9.48. The van der Waals surface area contributed by atoms with Crippen molar-refractivity contribution in [2.75, 3.05) is 11.9 Å². The Kier molecular flexibility index (Phi) is 3.66. The summed E-state index contributed by atoms with van der Waals surface area (Å²) < 4.78 is 0. The number of hydrogen-bond donors (Lipinski definition) is 3. The minimum absolute atomic E-state index is 0.0794. The molecular formula is C14H18N4O. The fourth-order valence-electron chi connectivity index (χ4n) is 1.54. The Bertz CT molecular complexity index is 543. The average Bonchev–Trinajstić information content (AvgIpc) is 2.93. The first-order valence-corrected chi connectivity index (χ1v) is 6.14. The van der Waals surface area contributed by atoms with Crippen LogP contribution in [-0.4, -0.2) is 22.6 Å². The lowest BCUT2D eigenvalue weighted by molar-refractivity contribution is -0.123. The molecule has 0 saturated heterocycles. The van der Waals surface area contributed by atoms with Crippen molar-refractivity contribution >= 4 is 11.6 Å². The van der Waals surface area contributed by atoms with Gasteiger partial charge in [-0.1, -0.05) is 12.1 Å². The van der Waals surface area contributed by atoms with Crippen LogP contribution in [0.3, 0.4) is 0 Å². The molecule has 5 nitrogen and oxygen atoms in total. The maximum absolute atomic E-state index is 12.0. The number of anilines is 1. The van der Waals surface area contributed by atoms with Crippen molar-refractivity contribution in [3.8, 4) is 11.3 Å². The Morgan fingerprint density at radius 2 is 2.00 bits per heavy atom. The van der Waals surface area contributed by atoms with E-state index in [1.165, 1.54) is 0 Å². The Morgan fingerprint density at radius 3 is 2.53 bits per heavy atom. The van der Waals surface area contributed by atoms with Crippen LogP contribution in [0.1, 0.15) is 13.8 Å². The smallest absolute Gasteiger partial charge is 0.231 e. The molecule has 19 heavy (non-hydrogen) atoms. The molecule has 1 aromatic heterocycles. The van der Waals surface area contributed by atoms with Crippen molar-refractivity contribution in [1.82, 2.24) is 10.2 Å². The van der Waals surface area contributed by atoms with E-state index in [4.69, 9.17) is 5.73 Å². The fraction of sp³-hybridized carbons (Fsp3) is 0.286. The number of amides is 1. The van der Waals surface area contributed by atoms with Gasteiger partial charge in [-0.3, -0.25) is 9.89 Å². The van der Waals surface area contributed by atoms with Gasteiger partial charge in [0.05, 0.1) is 11.1 Å². The summed E-state index contributed by atoms with van der Waals surface area (Å²) in [5.41, 5.74) is 7.74. The summed E-state index contributed by atoms with van der Waals surface area (Å²) in [5.74, 6) is -0.0794. The van der Waals surface area contributed by atoms with E-state index in [0.29, 0.717) is 6.54 Å². The third-order valence-electron chi connectivity index (χ3n) is 3.08. The first kappa shape index (κ1) is 13.3. The minimum Gasteiger partial charge on any atom is -0.329 e. The molecule has 0 aliphatic rings. The van der Waals surface area contributed by atoms with Gasteiger partial charge in [-0.25, -0.2) is 0 Å². The van der Waals surface area contributed by atoms with Crippen LogP contribution < -0.4 is 11.1 Å². The van der Waals surface area contributed by atoms with E-state index in [2.05, 4.69) is 15.5 Å². The number of aromatic amines is 1. The Morgan fingerprint density at radius 1 is 1.32 bits per heavy atom. The molecule has 1 aromatic carbocycles. The quantitative estimate of drug-likeness (QED) is 0.784. The van der Waals surface area contributed by atoms with Gasteiger partial charge in [-0.15, -0.1) is 0 Å². The molecule has 2 rings (SSSR count). The maximum Gasteiger partial charge on any atom is 0.231 e. The van der Waals surface area contributed by atoms with Crippen molar-refractivity contribution in [2.45, 2.75) is 13.8 Å². The van der Waals surface area contributed by atoms with E-state index < -0.39 is 5.41 Å². The third kappa shape index (κ3) is 3.00. The van der Waals surface area contributed by atoms with Gasteiger partial charge in [0, 0.05) is 18.4 Å². The number of nitrogens with zero attached hydrogens (tertiary/aromatic N) is 1. The molecule has 0 aliphatic carbocycles. The van der Waals surface area contributed by atoms with Gasteiger partial charge in [0.2, 0.25) is 5.91 Å². The molecule has 0 aliphatic heterocycles. The predicted molar refractivity (Wildman–Crippen MR) is 75.5 cm³/mol. The summed E-state index contributed by atoms with van der Waals surface area (Å²) >= 11 is 0. The molecule has 0 radical (unpaired) electrons. The van der Waals surface area contributed by atoms with Gasteiger partial charge in [0.15, 0.2) is 0 Å². The van der Waals surface area contributed by atoms with Crippen LogP contribution in [0, 0.1) is 5.41 Å². The SMILES string of the molecule is CC(C)(CN)C(=O)Nc1ccc(-c2ccn[nH]2)cc1. The van der Waals surface area contributed by atoms with Crippen LogP contribution in [0.25, 0.3) is 11.3 Å². The Labute approximate surface area is 112 Å².